The summed E-state index contributed by atoms with van der Waals surface area (Å²) in [5, 5.41) is 2.51. The number of benzene rings is 2. The average molecular weight is 300 g/mol. The number of fused-ring (bicyclic) bond motifs is 1. The number of para-hydroxylation sites is 1. The molecule has 1 heterocycles. The summed E-state index contributed by atoms with van der Waals surface area (Å²) in [6.07, 6.45) is 1.33. The molecule has 6 heteroatoms. The summed E-state index contributed by atoms with van der Waals surface area (Å²) in [7, 11) is 0. The number of halogens is 2. The summed E-state index contributed by atoms with van der Waals surface area (Å²) in [5.41, 5.74) is 0.471. The Morgan fingerprint density at radius 3 is 2.59 bits per heavy atom. The second-order valence-corrected chi connectivity index (χ2v) is 4.66. The van der Waals surface area contributed by atoms with Crippen LogP contribution < -0.4 is 5.32 Å². The molecule has 2 aromatic carbocycles. The van der Waals surface area contributed by atoms with Gasteiger partial charge in [-0.1, -0.05) is 12.1 Å². The zero-order valence-electron chi connectivity index (χ0n) is 11.2. The van der Waals surface area contributed by atoms with Gasteiger partial charge in [-0.2, -0.15) is 0 Å². The van der Waals surface area contributed by atoms with Crippen molar-refractivity contribution in [3.63, 3.8) is 0 Å². The fraction of sp³-hybridized carbons (Fsp3) is 0. The van der Waals surface area contributed by atoms with Crippen LogP contribution in [-0.2, 0) is 4.79 Å². The lowest BCUT2D eigenvalue weighted by atomic mass is 10.1. The predicted octanol–water partition coefficient (Wildman–Crippen LogP) is 3.27. The van der Waals surface area contributed by atoms with E-state index in [1.807, 2.05) is 0 Å². The number of hydrogen-bond donors (Lipinski definition) is 2. The van der Waals surface area contributed by atoms with Crippen LogP contribution in [0, 0.1) is 11.6 Å². The molecule has 0 fully saturated rings. The largest absolute Gasteiger partial charge is 0.360 e. The van der Waals surface area contributed by atoms with Gasteiger partial charge in [0, 0.05) is 17.1 Å². The lowest BCUT2D eigenvalue weighted by Crippen LogP contribution is -2.23. The van der Waals surface area contributed by atoms with Crippen LogP contribution in [0.15, 0.2) is 48.7 Å². The van der Waals surface area contributed by atoms with E-state index < -0.39 is 23.3 Å². The van der Waals surface area contributed by atoms with Crippen molar-refractivity contribution in [2.45, 2.75) is 0 Å². The lowest BCUT2D eigenvalue weighted by Gasteiger charge is -2.04. The molecule has 0 saturated carbocycles. The van der Waals surface area contributed by atoms with E-state index in [4.69, 9.17) is 0 Å². The number of hydrogen-bond acceptors (Lipinski definition) is 2. The zero-order chi connectivity index (χ0) is 15.7. The van der Waals surface area contributed by atoms with Crippen molar-refractivity contribution in [2.75, 3.05) is 5.32 Å². The summed E-state index contributed by atoms with van der Waals surface area (Å²) in [6, 6.07) is 9.38. The van der Waals surface area contributed by atoms with Crippen LogP contribution in [0.2, 0.25) is 0 Å². The molecule has 0 saturated heterocycles. The minimum Gasteiger partial charge on any atom is -0.360 e. The van der Waals surface area contributed by atoms with E-state index in [1.54, 1.807) is 0 Å². The summed E-state index contributed by atoms with van der Waals surface area (Å²) < 4.78 is 26.8. The van der Waals surface area contributed by atoms with E-state index in [0.29, 0.717) is 10.9 Å². The number of ketones is 1. The topological polar surface area (TPSA) is 62.0 Å². The standard InChI is InChI=1S/C16H10F2N2O2/c17-9-5-6-13-10(7-9)11(8-19-13)15(21)16(22)20-14-4-2-1-3-12(14)18/h1-8,19H,(H,20,22). The number of rotatable bonds is 3. The highest BCUT2D eigenvalue weighted by molar-refractivity contribution is 6.48. The molecule has 3 rings (SSSR count). The van der Waals surface area contributed by atoms with E-state index in [-0.39, 0.29) is 11.3 Å². The maximum Gasteiger partial charge on any atom is 0.296 e. The normalized spacial score (nSPS) is 10.6. The average Bonchev–Trinajstić information content (AvgIpc) is 2.91. The summed E-state index contributed by atoms with van der Waals surface area (Å²) in [6.45, 7) is 0. The van der Waals surface area contributed by atoms with E-state index in [2.05, 4.69) is 10.3 Å². The third-order valence-electron chi connectivity index (χ3n) is 3.22. The molecule has 2 N–H and O–H groups in total. The molecule has 110 valence electrons. The Hall–Kier alpha value is -3.02. The number of aromatic amines is 1. The maximum absolute atomic E-state index is 13.5. The molecule has 0 aliphatic heterocycles. The van der Waals surface area contributed by atoms with Gasteiger partial charge < -0.3 is 10.3 Å². The number of aromatic nitrogens is 1. The van der Waals surface area contributed by atoms with Crippen LogP contribution in [0.3, 0.4) is 0 Å². The summed E-state index contributed by atoms with van der Waals surface area (Å²) in [5.74, 6) is -3.03. The predicted molar refractivity (Wildman–Crippen MR) is 77.6 cm³/mol. The van der Waals surface area contributed by atoms with Crippen molar-refractivity contribution in [1.82, 2.24) is 4.98 Å². The van der Waals surface area contributed by atoms with Gasteiger partial charge in [0.2, 0.25) is 0 Å². The van der Waals surface area contributed by atoms with E-state index >= 15 is 0 Å². The van der Waals surface area contributed by atoms with E-state index in [9.17, 15) is 18.4 Å². The molecule has 0 bridgehead atoms. The monoisotopic (exact) mass is 300 g/mol. The molecule has 4 nitrogen and oxygen atoms in total. The molecule has 22 heavy (non-hydrogen) atoms. The van der Waals surface area contributed by atoms with Gasteiger partial charge in [0.05, 0.1) is 11.3 Å². The van der Waals surface area contributed by atoms with Gasteiger partial charge in [-0.05, 0) is 30.3 Å². The van der Waals surface area contributed by atoms with Crippen molar-refractivity contribution in [2.24, 2.45) is 0 Å². The van der Waals surface area contributed by atoms with Crippen molar-refractivity contribution < 1.29 is 18.4 Å². The molecule has 0 radical (unpaired) electrons. The Bertz CT molecular complexity index is 887. The van der Waals surface area contributed by atoms with Crippen LogP contribution in [0.25, 0.3) is 10.9 Å². The van der Waals surface area contributed by atoms with Crippen LogP contribution in [0.1, 0.15) is 10.4 Å². The Morgan fingerprint density at radius 2 is 1.82 bits per heavy atom. The third kappa shape index (κ3) is 2.46. The zero-order valence-corrected chi connectivity index (χ0v) is 11.2. The van der Waals surface area contributed by atoms with Crippen LogP contribution in [0.5, 0.6) is 0 Å². The molecule has 0 aliphatic carbocycles. The molecule has 0 spiro atoms. The minimum atomic E-state index is -0.990. The molecule has 0 unspecified atom stereocenters. The van der Waals surface area contributed by atoms with Gasteiger partial charge in [-0.3, -0.25) is 9.59 Å². The van der Waals surface area contributed by atoms with Gasteiger partial charge >= 0.3 is 0 Å². The van der Waals surface area contributed by atoms with Crippen LogP contribution in [0.4, 0.5) is 14.5 Å². The number of nitrogens with one attached hydrogen (secondary N) is 2. The molecule has 3 aromatic rings. The highest BCUT2D eigenvalue weighted by Crippen LogP contribution is 2.21. The lowest BCUT2D eigenvalue weighted by molar-refractivity contribution is -0.112. The number of carbonyl (C=O) groups excluding carboxylic acids is 2. The molecular weight excluding hydrogens is 290 g/mol. The minimum absolute atomic E-state index is 0.0309. The number of carbonyl (C=O) groups is 2. The molecular formula is C16H10F2N2O2. The van der Waals surface area contributed by atoms with Crippen LogP contribution in [-0.4, -0.2) is 16.7 Å². The number of H-pyrrole nitrogens is 1. The SMILES string of the molecule is O=C(Nc1ccccc1F)C(=O)c1c[nH]c2ccc(F)cc12. The van der Waals surface area contributed by atoms with Gasteiger partial charge in [-0.15, -0.1) is 0 Å². The first kappa shape index (κ1) is 13.9. The molecule has 0 aliphatic rings. The smallest absolute Gasteiger partial charge is 0.296 e. The highest BCUT2D eigenvalue weighted by Gasteiger charge is 2.21. The molecule has 1 amide bonds. The van der Waals surface area contributed by atoms with E-state index in [1.165, 1.54) is 42.6 Å². The number of anilines is 1. The maximum atomic E-state index is 13.5. The molecule has 1 aromatic heterocycles. The van der Waals surface area contributed by atoms with Gasteiger partial charge in [-0.25, -0.2) is 8.78 Å². The van der Waals surface area contributed by atoms with Crippen molar-refractivity contribution in [3.05, 3.63) is 65.9 Å². The Morgan fingerprint density at radius 1 is 1.05 bits per heavy atom. The van der Waals surface area contributed by atoms with Crippen LogP contribution >= 0.6 is 0 Å². The fourth-order valence-corrected chi connectivity index (χ4v) is 2.14. The Kier molecular flexibility index (Phi) is 3.42. The summed E-state index contributed by atoms with van der Waals surface area (Å²) >= 11 is 0. The second-order valence-electron chi connectivity index (χ2n) is 4.66. The van der Waals surface area contributed by atoms with Gasteiger partial charge in [0.15, 0.2) is 0 Å². The quantitative estimate of drug-likeness (QED) is 0.576. The van der Waals surface area contributed by atoms with Crippen molar-refractivity contribution in [1.29, 1.82) is 0 Å². The molecule has 0 atom stereocenters. The summed E-state index contributed by atoms with van der Waals surface area (Å²) in [4.78, 5) is 26.9. The van der Waals surface area contributed by atoms with E-state index in [0.717, 1.165) is 6.07 Å². The second kappa shape index (κ2) is 5.40. The first-order valence-corrected chi connectivity index (χ1v) is 6.43. The van der Waals surface area contributed by atoms with Crippen molar-refractivity contribution in [3.8, 4) is 0 Å². The van der Waals surface area contributed by atoms with Gasteiger partial charge in [0.25, 0.3) is 11.7 Å². The first-order chi connectivity index (χ1) is 10.6. The van der Waals surface area contributed by atoms with Crippen molar-refractivity contribution >= 4 is 28.3 Å². The highest BCUT2D eigenvalue weighted by atomic mass is 19.1. The Labute approximate surface area is 123 Å². The fourth-order valence-electron chi connectivity index (χ4n) is 2.14. The van der Waals surface area contributed by atoms with Gasteiger partial charge in [0.1, 0.15) is 11.6 Å². The number of Topliss-reactive ketones (excluding diaryl/α,β-unsaturated/α-hetero) is 1. The number of amides is 1. The third-order valence-corrected chi connectivity index (χ3v) is 3.22. The first-order valence-electron chi connectivity index (χ1n) is 6.43. The Balaban J connectivity index is 1.91.